The second-order valence-electron chi connectivity index (χ2n) is 8.58. The summed E-state index contributed by atoms with van der Waals surface area (Å²) in [4.78, 5) is 0. The van der Waals surface area contributed by atoms with Gasteiger partial charge in [0.15, 0.2) is 0 Å². The van der Waals surface area contributed by atoms with E-state index in [0.717, 1.165) is 12.5 Å². The Morgan fingerprint density at radius 3 is 1.88 bits per heavy atom. The number of nitrogens with two attached hydrogens (primary N) is 1. The van der Waals surface area contributed by atoms with Gasteiger partial charge in [0, 0.05) is 8.07 Å². The molecule has 0 aromatic heterocycles. The molecule has 0 aromatic rings. The maximum absolute atomic E-state index is 6.12. The maximum Gasteiger partial charge on any atom is 0.0448 e. The van der Waals surface area contributed by atoms with E-state index in [4.69, 9.17) is 5.73 Å². The second kappa shape index (κ2) is 5.04. The SMILES string of the molecule is CC(C)(C)C1CCC(CN)(C[Si](C)(C)C)CC1. The number of hydrogen-bond acceptors (Lipinski definition) is 1. The van der Waals surface area contributed by atoms with Crippen LogP contribution in [0.5, 0.6) is 0 Å². The fourth-order valence-corrected chi connectivity index (χ4v) is 6.42. The first-order valence-electron chi connectivity index (χ1n) is 7.28. The zero-order chi connectivity index (χ0) is 13.3. The standard InChI is InChI=1S/C15H33NSi/c1-14(2,3)13-7-9-15(11-16,10-8-13)12-17(4,5)6/h13H,7-12,16H2,1-6H3. The topological polar surface area (TPSA) is 26.0 Å². The van der Waals surface area contributed by atoms with Gasteiger partial charge in [-0.3, -0.25) is 0 Å². The van der Waals surface area contributed by atoms with Gasteiger partial charge in [0.1, 0.15) is 0 Å². The van der Waals surface area contributed by atoms with Crippen molar-refractivity contribution in [2.45, 2.75) is 72.1 Å². The summed E-state index contributed by atoms with van der Waals surface area (Å²) in [5.74, 6) is 0.906. The van der Waals surface area contributed by atoms with E-state index < -0.39 is 8.07 Å². The van der Waals surface area contributed by atoms with Crippen molar-refractivity contribution in [3.63, 3.8) is 0 Å². The Bertz CT molecular complexity index is 239. The van der Waals surface area contributed by atoms with Crippen molar-refractivity contribution < 1.29 is 0 Å². The number of rotatable bonds is 3. The van der Waals surface area contributed by atoms with Crippen molar-refractivity contribution in [1.29, 1.82) is 0 Å². The Morgan fingerprint density at radius 1 is 1.12 bits per heavy atom. The first kappa shape index (κ1) is 15.2. The highest BCUT2D eigenvalue weighted by Crippen LogP contribution is 2.48. The third-order valence-electron chi connectivity index (χ3n) is 4.61. The molecule has 1 aliphatic carbocycles. The van der Waals surface area contributed by atoms with Crippen LogP contribution < -0.4 is 5.73 Å². The molecule has 0 bridgehead atoms. The van der Waals surface area contributed by atoms with Gasteiger partial charge in [0.25, 0.3) is 0 Å². The van der Waals surface area contributed by atoms with Gasteiger partial charge in [0.05, 0.1) is 0 Å². The van der Waals surface area contributed by atoms with Crippen LogP contribution in [0.4, 0.5) is 0 Å². The third kappa shape index (κ3) is 4.40. The summed E-state index contributed by atoms with van der Waals surface area (Å²) in [6.45, 7) is 15.6. The first-order valence-corrected chi connectivity index (χ1v) is 11.0. The van der Waals surface area contributed by atoms with Crippen LogP contribution in [0.1, 0.15) is 46.5 Å². The van der Waals surface area contributed by atoms with E-state index in [1.807, 2.05) is 0 Å². The van der Waals surface area contributed by atoms with Gasteiger partial charge < -0.3 is 5.73 Å². The summed E-state index contributed by atoms with van der Waals surface area (Å²) in [6, 6.07) is 1.42. The zero-order valence-corrected chi connectivity index (χ0v) is 13.9. The van der Waals surface area contributed by atoms with Crippen molar-refractivity contribution in [1.82, 2.24) is 0 Å². The van der Waals surface area contributed by atoms with E-state index in [1.54, 1.807) is 0 Å². The van der Waals surface area contributed by atoms with Crippen molar-refractivity contribution >= 4 is 8.07 Å². The Labute approximate surface area is 110 Å². The highest BCUT2D eigenvalue weighted by molar-refractivity contribution is 6.76. The summed E-state index contributed by atoms with van der Waals surface area (Å²) in [6.07, 6.45) is 5.53. The Hall–Kier alpha value is 0.177. The molecule has 102 valence electrons. The van der Waals surface area contributed by atoms with Gasteiger partial charge in [-0.25, -0.2) is 0 Å². The van der Waals surface area contributed by atoms with Gasteiger partial charge in [-0.2, -0.15) is 0 Å². The molecule has 0 heterocycles. The Kier molecular flexibility index (Phi) is 4.52. The van der Waals surface area contributed by atoms with Gasteiger partial charge in [-0.15, -0.1) is 0 Å². The maximum atomic E-state index is 6.12. The second-order valence-corrected chi connectivity index (χ2v) is 14.1. The molecular weight excluding hydrogens is 222 g/mol. The lowest BCUT2D eigenvalue weighted by Gasteiger charge is -2.46. The molecule has 1 rings (SSSR count). The lowest BCUT2D eigenvalue weighted by molar-refractivity contribution is 0.104. The van der Waals surface area contributed by atoms with E-state index in [-0.39, 0.29) is 0 Å². The molecular formula is C15H33NSi. The van der Waals surface area contributed by atoms with Gasteiger partial charge in [-0.05, 0) is 49.0 Å². The van der Waals surface area contributed by atoms with E-state index in [0.29, 0.717) is 10.8 Å². The van der Waals surface area contributed by atoms with Crippen LogP contribution in [0.3, 0.4) is 0 Å². The molecule has 0 aromatic carbocycles. The van der Waals surface area contributed by atoms with Crippen LogP contribution in [0.15, 0.2) is 0 Å². The van der Waals surface area contributed by atoms with E-state index in [1.165, 1.54) is 31.7 Å². The minimum absolute atomic E-state index is 0.486. The van der Waals surface area contributed by atoms with E-state index >= 15 is 0 Å². The summed E-state index contributed by atoms with van der Waals surface area (Å²) >= 11 is 0. The fraction of sp³-hybridized carbons (Fsp3) is 1.00. The highest BCUT2D eigenvalue weighted by atomic mass is 28.3. The number of hydrogen-bond donors (Lipinski definition) is 1. The summed E-state index contributed by atoms with van der Waals surface area (Å²) in [5.41, 5.74) is 7.10. The van der Waals surface area contributed by atoms with Crippen molar-refractivity contribution in [3.05, 3.63) is 0 Å². The molecule has 17 heavy (non-hydrogen) atoms. The van der Waals surface area contributed by atoms with Crippen molar-refractivity contribution in [2.24, 2.45) is 22.5 Å². The molecule has 0 spiro atoms. The Balaban J connectivity index is 2.64. The predicted octanol–water partition coefficient (Wildman–Crippen LogP) is 4.51. The molecule has 1 fully saturated rings. The normalized spacial score (nSPS) is 31.6. The Morgan fingerprint density at radius 2 is 1.59 bits per heavy atom. The zero-order valence-electron chi connectivity index (χ0n) is 12.9. The van der Waals surface area contributed by atoms with Crippen LogP contribution in [0, 0.1) is 16.7 Å². The van der Waals surface area contributed by atoms with Gasteiger partial charge in [-0.1, -0.05) is 46.5 Å². The molecule has 2 N–H and O–H groups in total. The van der Waals surface area contributed by atoms with Crippen LogP contribution in [-0.4, -0.2) is 14.6 Å². The first-order chi connectivity index (χ1) is 7.58. The molecule has 1 nitrogen and oxygen atoms in total. The average Bonchev–Trinajstić information content (AvgIpc) is 2.14. The third-order valence-corrected chi connectivity index (χ3v) is 6.42. The molecule has 2 heteroatoms. The van der Waals surface area contributed by atoms with E-state index in [2.05, 4.69) is 40.4 Å². The average molecular weight is 256 g/mol. The quantitative estimate of drug-likeness (QED) is 0.738. The van der Waals surface area contributed by atoms with Gasteiger partial charge in [0.2, 0.25) is 0 Å². The molecule has 0 unspecified atom stereocenters. The summed E-state index contributed by atoms with van der Waals surface area (Å²) in [5, 5.41) is 0. The van der Waals surface area contributed by atoms with Crippen LogP contribution in [0.25, 0.3) is 0 Å². The summed E-state index contributed by atoms with van der Waals surface area (Å²) < 4.78 is 0. The lowest BCUT2D eigenvalue weighted by atomic mass is 9.65. The predicted molar refractivity (Wildman–Crippen MR) is 81.1 cm³/mol. The molecule has 0 aliphatic heterocycles. The van der Waals surface area contributed by atoms with Crippen molar-refractivity contribution in [3.8, 4) is 0 Å². The van der Waals surface area contributed by atoms with Crippen LogP contribution >= 0.6 is 0 Å². The van der Waals surface area contributed by atoms with Crippen molar-refractivity contribution in [2.75, 3.05) is 6.54 Å². The minimum atomic E-state index is -0.986. The molecule has 1 saturated carbocycles. The van der Waals surface area contributed by atoms with Gasteiger partial charge >= 0.3 is 0 Å². The summed E-state index contributed by atoms with van der Waals surface area (Å²) in [7, 11) is -0.986. The van der Waals surface area contributed by atoms with Crippen LogP contribution in [-0.2, 0) is 0 Å². The molecule has 1 aliphatic rings. The largest absolute Gasteiger partial charge is 0.330 e. The smallest absolute Gasteiger partial charge is 0.0448 e. The molecule has 0 saturated heterocycles. The molecule has 0 amide bonds. The monoisotopic (exact) mass is 255 g/mol. The van der Waals surface area contributed by atoms with E-state index in [9.17, 15) is 0 Å². The molecule has 0 radical (unpaired) electrons. The highest BCUT2D eigenvalue weighted by Gasteiger charge is 2.40. The lowest BCUT2D eigenvalue weighted by Crippen LogP contribution is -2.42. The van der Waals surface area contributed by atoms with Crippen LogP contribution in [0.2, 0.25) is 25.7 Å². The molecule has 0 atom stereocenters. The fourth-order valence-electron chi connectivity index (χ4n) is 3.67. The minimum Gasteiger partial charge on any atom is -0.330 e.